The minimum atomic E-state index is -3.72. The van der Waals surface area contributed by atoms with Crippen molar-refractivity contribution in [3.8, 4) is 5.75 Å². The summed E-state index contributed by atoms with van der Waals surface area (Å²) in [6, 6.07) is 6.40. The minimum absolute atomic E-state index is 0.0856. The average molecular weight is 331 g/mol. The van der Waals surface area contributed by atoms with Crippen LogP contribution < -0.4 is 4.74 Å². The summed E-state index contributed by atoms with van der Waals surface area (Å²) in [5.74, 6) is 0.316. The van der Waals surface area contributed by atoms with Crippen LogP contribution in [0.5, 0.6) is 5.75 Å². The maximum Gasteiger partial charge on any atom is 0.286 e. The van der Waals surface area contributed by atoms with Crippen LogP contribution in [-0.4, -0.2) is 24.2 Å². The average Bonchev–Trinajstić information content (AvgIpc) is 2.86. The molecule has 0 amide bonds. The van der Waals surface area contributed by atoms with E-state index in [9.17, 15) is 8.42 Å². The molecule has 0 radical (unpaired) electrons. The van der Waals surface area contributed by atoms with E-state index in [0.717, 1.165) is 4.09 Å². The molecule has 18 heavy (non-hydrogen) atoms. The van der Waals surface area contributed by atoms with Gasteiger partial charge in [-0.1, -0.05) is 15.9 Å². The summed E-state index contributed by atoms with van der Waals surface area (Å²) < 4.78 is 31.6. The molecule has 0 aliphatic carbocycles. The summed E-state index contributed by atoms with van der Waals surface area (Å²) in [4.78, 5) is 0.0856. The Bertz CT molecular complexity index is 638. The molecule has 0 saturated carbocycles. The first-order chi connectivity index (χ1) is 8.55. The number of nitrogens with zero attached hydrogens (tertiary/aromatic N) is 2. The predicted molar refractivity (Wildman–Crippen MR) is 70.1 cm³/mol. The highest BCUT2D eigenvalue weighted by Gasteiger charge is 2.22. The lowest BCUT2D eigenvalue weighted by atomic mass is 10.3. The molecule has 0 aliphatic rings. The van der Waals surface area contributed by atoms with Gasteiger partial charge in [-0.3, -0.25) is 0 Å². The van der Waals surface area contributed by atoms with Crippen molar-refractivity contribution in [2.75, 3.05) is 6.61 Å². The van der Waals surface area contributed by atoms with Gasteiger partial charge in [0.05, 0.1) is 12.8 Å². The van der Waals surface area contributed by atoms with Gasteiger partial charge in [-0.05, 0) is 31.2 Å². The zero-order valence-electron chi connectivity index (χ0n) is 9.58. The van der Waals surface area contributed by atoms with Crippen LogP contribution in [0, 0.1) is 0 Å². The van der Waals surface area contributed by atoms with Gasteiger partial charge in [0.2, 0.25) is 0 Å². The Hall–Kier alpha value is -1.34. The van der Waals surface area contributed by atoms with E-state index in [1.165, 1.54) is 18.5 Å². The largest absolute Gasteiger partial charge is 0.492 e. The fourth-order valence-electron chi connectivity index (χ4n) is 1.46. The quantitative estimate of drug-likeness (QED) is 0.862. The fourth-order valence-corrected chi connectivity index (χ4v) is 3.24. The molecular weight excluding hydrogens is 320 g/mol. The van der Waals surface area contributed by atoms with E-state index in [4.69, 9.17) is 4.74 Å². The van der Waals surface area contributed by atoms with Gasteiger partial charge in [0.15, 0.2) is 0 Å². The van der Waals surface area contributed by atoms with Crippen molar-refractivity contribution in [1.82, 2.24) is 9.19 Å². The number of aromatic nitrogens is 2. The predicted octanol–water partition coefficient (Wildman–Crippen LogP) is 2.28. The molecule has 0 N–H and O–H groups in total. The summed E-state index contributed by atoms with van der Waals surface area (Å²) >= 11 is 3.25. The first kappa shape index (κ1) is 13.1. The summed E-state index contributed by atoms with van der Waals surface area (Å²) in [6.45, 7) is 2.19. The van der Waals surface area contributed by atoms with Gasteiger partial charge in [-0.25, -0.2) is 0 Å². The highest BCUT2D eigenvalue weighted by Crippen LogP contribution is 2.28. The van der Waals surface area contributed by atoms with Gasteiger partial charge in [-0.15, -0.1) is 0 Å². The lowest BCUT2D eigenvalue weighted by Gasteiger charge is -2.11. The molecule has 0 spiro atoms. The van der Waals surface area contributed by atoms with Crippen LogP contribution in [0.2, 0.25) is 0 Å². The second-order valence-electron chi connectivity index (χ2n) is 3.41. The van der Waals surface area contributed by atoms with Gasteiger partial charge < -0.3 is 4.74 Å². The monoisotopic (exact) mass is 330 g/mol. The third-order valence-electron chi connectivity index (χ3n) is 2.21. The molecule has 2 aromatic rings. The number of benzene rings is 1. The number of rotatable bonds is 4. The Morgan fingerprint density at radius 3 is 2.83 bits per heavy atom. The first-order valence-electron chi connectivity index (χ1n) is 5.23. The molecule has 1 aromatic heterocycles. The molecular formula is C11H11BrN2O3S. The summed E-state index contributed by atoms with van der Waals surface area (Å²) in [5, 5.41) is 3.75. The highest BCUT2D eigenvalue weighted by atomic mass is 79.9. The normalized spacial score (nSPS) is 11.4. The first-order valence-corrected chi connectivity index (χ1v) is 7.46. The highest BCUT2D eigenvalue weighted by molar-refractivity contribution is 9.10. The molecule has 5 nitrogen and oxygen atoms in total. The number of ether oxygens (including phenoxy) is 1. The Balaban J connectivity index is 2.59. The van der Waals surface area contributed by atoms with Crippen LogP contribution in [0.15, 0.2) is 46.0 Å². The van der Waals surface area contributed by atoms with Gasteiger partial charge in [0, 0.05) is 10.7 Å². The second-order valence-corrected chi connectivity index (χ2v) is 6.09. The molecule has 1 aromatic carbocycles. The number of hydrogen-bond donors (Lipinski definition) is 0. The lowest BCUT2D eigenvalue weighted by Crippen LogP contribution is -2.15. The fraction of sp³-hybridized carbons (Fsp3) is 0.182. The van der Waals surface area contributed by atoms with Crippen molar-refractivity contribution < 1.29 is 13.2 Å². The molecule has 2 rings (SSSR count). The van der Waals surface area contributed by atoms with Crippen molar-refractivity contribution in [1.29, 1.82) is 0 Å². The SMILES string of the molecule is CCOc1ccc(Br)cc1S(=O)(=O)n1cccn1. The van der Waals surface area contributed by atoms with Crippen molar-refractivity contribution in [3.05, 3.63) is 41.1 Å². The van der Waals surface area contributed by atoms with Crippen LogP contribution >= 0.6 is 15.9 Å². The molecule has 0 unspecified atom stereocenters. The molecule has 1 heterocycles. The third-order valence-corrected chi connectivity index (χ3v) is 4.29. The van der Waals surface area contributed by atoms with Crippen molar-refractivity contribution in [3.63, 3.8) is 0 Å². The zero-order valence-corrected chi connectivity index (χ0v) is 12.0. The van der Waals surface area contributed by atoms with E-state index in [-0.39, 0.29) is 4.90 Å². The Kier molecular flexibility index (Phi) is 3.72. The summed E-state index contributed by atoms with van der Waals surface area (Å²) in [7, 11) is -3.72. The Morgan fingerprint density at radius 2 is 2.22 bits per heavy atom. The van der Waals surface area contributed by atoms with Gasteiger partial charge in [-0.2, -0.15) is 17.6 Å². The maximum absolute atomic E-state index is 12.3. The maximum atomic E-state index is 12.3. The van der Waals surface area contributed by atoms with Gasteiger partial charge in [0.1, 0.15) is 10.6 Å². The number of hydrogen-bond acceptors (Lipinski definition) is 4. The smallest absolute Gasteiger partial charge is 0.286 e. The summed E-state index contributed by atoms with van der Waals surface area (Å²) in [6.07, 6.45) is 2.79. The molecule has 96 valence electrons. The van der Waals surface area contributed by atoms with E-state index in [1.807, 2.05) is 0 Å². The topological polar surface area (TPSA) is 61.2 Å². The second kappa shape index (κ2) is 5.11. The van der Waals surface area contributed by atoms with Crippen LogP contribution in [0.25, 0.3) is 0 Å². The molecule has 0 fully saturated rings. The van der Waals surface area contributed by atoms with Crippen LogP contribution in [0.3, 0.4) is 0 Å². The van der Waals surface area contributed by atoms with Crippen molar-refractivity contribution in [2.24, 2.45) is 0 Å². The lowest BCUT2D eigenvalue weighted by molar-refractivity contribution is 0.331. The van der Waals surface area contributed by atoms with E-state index >= 15 is 0 Å². The van der Waals surface area contributed by atoms with Crippen LogP contribution in [-0.2, 0) is 10.0 Å². The van der Waals surface area contributed by atoms with E-state index in [1.54, 1.807) is 25.1 Å². The molecule has 0 bridgehead atoms. The molecule has 0 aliphatic heterocycles. The van der Waals surface area contributed by atoms with Crippen molar-refractivity contribution >= 4 is 26.0 Å². The third kappa shape index (κ3) is 2.41. The van der Waals surface area contributed by atoms with Crippen molar-refractivity contribution in [2.45, 2.75) is 11.8 Å². The van der Waals surface area contributed by atoms with Crippen LogP contribution in [0.4, 0.5) is 0 Å². The molecule has 0 saturated heterocycles. The minimum Gasteiger partial charge on any atom is -0.492 e. The summed E-state index contributed by atoms with van der Waals surface area (Å²) in [5.41, 5.74) is 0. The van der Waals surface area contributed by atoms with Gasteiger partial charge >= 0.3 is 0 Å². The zero-order chi connectivity index (χ0) is 13.2. The Labute approximate surface area is 114 Å². The Morgan fingerprint density at radius 1 is 1.44 bits per heavy atom. The number of halogens is 1. The van der Waals surface area contributed by atoms with E-state index in [0.29, 0.717) is 16.8 Å². The standard InChI is InChI=1S/C11H11BrN2O3S/c1-2-17-10-5-4-9(12)8-11(10)18(15,16)14-7-3-6-13-14/h3-8H,2H2,1H3. The molecule has 0 atom stereocenters. The van der Waals surface area contributed by atoms with Crippen LogP contribution in [0.1, 0.15) is 6.92 Å². The van der Waals surface area contributed by atoms with Gasteiger partial charge in [0.25, 0.3) is 10.0 Å². The van der Waals surface area contributed by atoms with E-state index < -0.39 is 10.0 Å². The van der Waals surface area contributed by atoms with E-state index in [2.05, 4.69) is 21.0 Å². The molecule has 7 heteroatoms.